The number of carbonyl (C=O) groups is 1. The van der Waals surface area contributed by atoms with Crippen molar-refractivity contribution in [2.45, 2.75) is 19.6 Å². The number of rotatable bonds is 5. The van der Waals surface area contributed by atoms with Crippen molar-refractivity contribution in [3.05, 3.63) is 42.0 Å². The maximum atomic E-state index is 12.4. The van der Waals surface area contributed by atoms with Gasteiger partial charge >= 0.3 is 0 Å². The van der Waals surface area contributed by atoms with Crippen LogP contribution in [0.25, 0.3) is 0 Å². The molecule has 130 valence electrons. The van der Waals surface area contributed by atoms with E-state index in [1.54, 1.807) is 35.5 Å². The number of nitrogens with zero attached hydrogens (tertiary/aromatic N) is 5. The van der Waals surface area contributed by atoms with Gasteiger partial charge in [0, 0.05) is 13.1 Å². The molecule has 1 unspecified atom stereocenters. The van der Waals surface area contributed by atoms with Gasteiger partial charge in [0.1, 0.15) is 18.2 Å². The molecular formula is C17H19N5O3. The lowest BCUT2D eigenvalue weighted by Gasteiger charge is -2.32. The zero-order valence-corrected chi connectivity index (χ0v) is 14.0. The van der Waals surface area contributed by atoms with E-state index in [9.17, 15) is 4.79 Å². The maximum Gasteiger partial charge on any atom is 0.260 e. The van der Waals surface area contributed by atoms with Crippen LogP contribution in [-0.4, -0.2) is 51.9 Å². The summed E-state index contributed by atoms with van der Waals surface area (Å²) in [5.41, 5.74) is 0.551. The van der Waals surface area contributed by atoms with E-state index in [0.717, 1.165) is 12.4 Å². The van der Waals surface area contributed by atoms with Crippen LogP contribution in [0.2, 0.25) is 0 Å². The van der Waals surface area contributed by atoms with Gasteiger partial charge in [0.05, 0.1) is 24.8 Å². The standard InChI is InChI=1S/C17H19N5O3/c1-2-21-12-19-20-17(21)15-10-22(7-8-24-15)16(23)11-25-14-5-3-13(9-18)4-6-14/h3-6,12,15H,2,7-8,10-11H2,1H3. The quantitative estimate of drug-likeness (QED) is 0.810. The van der Waals surface area contributed by atoms with Gasteiger partial charge in [0.2, 0.25) is 0 Å². The molecule has 0 spiro atoms. The highest BCUT2D eigenvalue weighted by atomic mass is 16.5. The number of aryl methyl sites for hydroxylation is 1. The second kappa shape index (κ2) is 7.77. The summed E-state index contributed by atoms with van der Waals surface area (Å²) < 4.78 is 13.2. The number of nitriles is 1. The van der Waals surface area contributed by atoms with Gasteiger partial charge in [-0.15, -0.1) is 10.2 Å². The SMILES string of the molecule is CCn1cnnc1C1CN(C(=O)COc2ccc(C#N)cc2)CCO1. The topological polar surface area (TPSA) is 93.3 Å². The maximum absolute atomic E-state index is 12.4. The molecule has 1 aromatic carbocycles. The van der Waals surface area contributed by atoms with E-state index in [2.05, 4.69) is 10.2 Å². The predicted molar refractivity (Wildman–Crippen MR) is 87.6 cm³/mol. The molecule has 0 aliphatic carbocycles. The van der Waals surface area contributed by atoms with Crippen molar-refractivity contribution in [1.82, 2.24) is 19.7 Å². The molecule has 3 rings (SSSR count). The van der Waals surface area contributed by atoms with Crippen LogP contribution in [0.4, 0.5) is 0 Å². The number of ether oxygens (including phenoxy) is 2. The van der Waals surface area contributed by atoms with Crippen molar-refractivity contribution in [2.75, 3.05) is 26.3 Å². The summed E-state index contributed by atoms with van der Waals surface area (Å²) >= 11 is 0. The molecule has 2 aromatic rings. The molecule has 8 nitrogen and oxygen atoms in total. The van der Waals surface area contributed by atoms with Crippen molar-refractivity contribution < 1.29 is 14.3 Å². The highest BCUT2D eigenvalue weighted by Gasteiger charge is 2.28. The fourth-order valence-corrected chi connectivity index (χ4v) is 2.65. The first-order valence-electron chi connectivity index (χ1n) is 8.11. The lowest BCUT2D eigenvalue weighted by atomic mass is 10.2. The summed E-state index contributed by atoms with van der Waals surface area (Å²) in [4.78, 5) is 14.1. The van der Waals surface area contributed by atoms with Gasteiger partial charge in [-0.3, -0.25) is 4.79 Å². The van der Waals surface area contributed by atoms with E-state index in [4.69, 9.17) is 14.7 Å². The number of amides is 1. The molecule has 8 heteroatoms. The summed E-state index contributed by atoms with van der Waals surface area (Å²) in [5.74, 6) is 1.18. The number of carbonyl (C=O) groups excluding carboxylic acids is 1. The molecule has 1 fully saturated rings. The van der Waals surface area contributed by atoms with E-state index in [1.807, 2.05) is 17.6 Å². The van der Waals surface area contributed by atoms with Crippen molar-refractivity contribution in [2.24, 2.45) is 0 Å². The Morgan fingerprint density at radius 2 is 2.24 bits per heavy atom. The third-order valence-electron chi connectivity index (χ3n) is 4.04. The number of hydrogen-bond donors (Lipinski definition) is 0. The van der Waals surface area contributed by atoms with Gasteiger partial charge in [-0.1, -0.05) is 0 Å². The van der Waals surface area contributed by atoms with Crippen LogP contribution in [0, 0.1) is 11.3 Å². The molecule has 1 atom stereocenters. The number of hydrogen-bond acceptors (Lipinski definition) is 6. The fraction of sp³-hybridized carbons (Fsp3) is 0.412. The van der Waals surface area contributed by atoms with Gasteiger partial charge in [-0.2, -0.15) is 5.26 Å². The molecule has 1 amide bonds. The van der Waals surface area contributed by atoms with Crippen molar-refractivity contribution >= 4 is 5.91 Å². The van der Waals surface area contributed by atoms with Crippen LogP contribution in [0.5, 0.6) is 5.75 Å². The van der Waals surface area contributed by atoms with Crippen LogP contribution >= 0.6 is 0 Å². The average molecular weight is 341 g/mol. The van der Waals surface area contributed by atoms with E-state index < -0.39 is 0 Å². The summed E-state index contributed by atoms with van der Waals surface area (Å²) in [6.07, 6.45) is 1.38. The van der Waals surface area contributed by atoms with E-state index >= 15 is 0 Å². The van der Waals surface area contributed by atoms with Gasteiger partial charge in [0.15, 0.2) is 12.4 Å². The first-order valence-corrected chi connectivity index (χ1v) is 8.11. The molecule has 0 N–H and O–H groups in total. The fourth-order valence-electron chi connectivity index (χ4n) is 2.65. The molecule has 0 radical (unpaired) electrons. The van der Waals surface area contributed by atoms with E-state index in [1.165, 1.54) is 0 Å². The summed E-state index contributed by atoms with van der Waals surface area (Å²) in [5, 5.41) is 16.8. The summed E-state index contributed by atoms with van der Waals surface area (Å²) in [7, 11) is 0. The van der Waals surface area contributed by atoms with E-state index in [-0.39, 0.29) is 18.6 Å². The molecule has 1 saturated heterocycles. The molecule has 2 heterocycles. The normalized spacial score (nSPS) is 17.1. The van der Waals surface area contributed by atoms with Crippen LogP contribution in [-0.2, 0) is 16.1 Å². The minimum Gasteiger partial charge on any atom is -0.484 e. The van der Waals surface area contributed by atoms with Gasteiger partial charge in [-0.05, 0) is 31.2 Å². The minimum absolute atomic E-state index is 0.0565. The Labute approximate surface area is 145 Å². The third-order valence-corrected chi connectivity index (χ3v) is 4.04. The Kier molecular flexibility index (Phi) is 5.26. The van der Waals surface area contributed by atoms with E-state index in [0.29, 0.717) is 31.0 Å². The number of morpholine rings is 1. The molecule has 1 aliphatic rings. The molecule has 25 heavy (non-hydrogen) atoms. The summed E-state index contributed by atoms with van der Waals surface area (Å²) in [6, 6.07) is 8.71. The molecule has 0 bridgehead atoms. The van der Waals surface area contributed by atoms with Gasteiger partial charge in [-0.25, -0.2) is 0 Å². The largest absolute Gasteiger partial charge is 0.484 e. The first kappa shape index (κ1) is 16.9. The lowest BCUT2D eigenvalue weighted by Crippen LogP contribution is -2.44. The molecule has 1 aromatic heterocycles. The second-order valence-corrected chi connectivity index (χ2v) is 5.60. The van der Waals surface area contributed by atoms with Gasteiger partial charge in [0.25, 0.3) is 5.91 Å². The zero-order valence-electron chi connectivity index (χ0n) is 14.0. The van der Waals surface area contributed by atoms with Crippen LogP contribution in [0.3, 0.4) is 0 Å². The van der Waals surface area contributed by atoms with Crippen molar-refractivity contribution in [1.29, 1.82) is 5.26 Å². The van der Waals surface area contributed by atoms with Crippen molar-refractivity contribution in [3.8, 4) is 11.8 Å². The molecule has 0 saturated carbocycles. The highest BCUT2D eigenvalue weighted by molar-refractivity contribution is 5.77. The lowest BCUT2D eigenvalue weighted by molar-refractivity contribution is -0.141. The monoisotopic (exact) mass is 341 g/mol. The Balaban J connectivity index is 1.57. The van der Waals surface area contributed by atoms with Crippen LogP contribution < -0.4 is 4.74 Å². The van der Waals surface area contributed by atoms with Crippen LogP contribution in [0.15, 0.2) is 30.6 Å². The zero-order chi connectivity index (χ0) is 17.6. The van der Waals surface area contributed by atoms with Crippen LogP contribution in [0.1, 0.15) is 24.4 Å². The Morgan fingerprint density at radius 3 is 2.96 bits per heavy atom. The Bertz CT molecular complexity index is 765. The smallest absolute Gasteiger partial charge is 0.260 e. The van der Waals surface area contributed by atoms with Crippen molar-refractivity contribution in [3.63, 3.8) is 0 Å². The van der Waals surface area contributed by atoms with Gasteiger partial charge < -0.3 is 18.9 Å². The summed E-state index contributed by atoms with van der Waals surface area (Å²) in [6.45, 7) is 4.09. The second-order valence-electron chi connectivity index (χ2n) is 5.60. The third kappa shape index (κ3) is 3.95. The minimum atomic E-state index is -0.282. The highest BCUT2D eigenvalue weighted by Crippen LogP contribution is 2.20. The molecular weight excluding hydrogens is 322 g/mol. The Morgan fingerprint density at radius 1 is 1.44 bits per heavy atom. The first-order chi connectivity index (χ1) is 12.2. The average Bonchev–Trinajstić information content (AvgIpc) is 3.15. The predicted octanol–water partition coefficient (Wildman–Crippen LogP) is 1.15. The number of aromatic nitrogens is 3. The number of benzene rings is 1. The molecule has 1 aliphatic heterocycles. The Hall–Kier alpha value is -2.92.